The third-order valence-corrected chi connectivity index (χ3v) is 6.61. The Bertz CT molecular complexity index is 640. The van der Waals surface area contributed by atoms with E-state index in [1.165, 1.54) is 7.11 Å². The van der Waals surface area contributed by atoms with E-state index < -0.39 is 36.6 Å². The summed E-state index contributed by atoms with van der Waals surface area (Å²) in [6.07, 6.45) is -1.10. The SMILES string of the molecule is C=C(I)CCCCC(=O)CC1OC2C(O[C@H]3CCC(CC(=O)OC)O[C@@H]3C2O)C1O. The Kier molecular flexibility index (Phi) is 8.68. The van der Waals surface area contributed by atoms with Gasteiger partial charge in [0.25, 0.3) is 0 Å². The van der Waals surface area contributed by atoms with Gasteiger partial charge in [0.2, 0.25) is 0 Å². The summed E-state index contributed by atoms with van der Waals surface area (Å²) < 4.78 is 23.5. The van der Waals surface area contributed by atoms with Gasteiger partial charge in [-0.15, -0.1) is 0 Å². The Balaban J connectivity index is 1.53. The monoisotopic (exact) mass is 538 g/mol. The Morgan fingerprint density at radius 1 is 1.00 bits per heavy atom. The van der Waals surface area contributed by atoms with E-state index in [2.05, 4.69) is 33.9 Å². The zero-order valence-electron chi connectivity index (χ0n) is 17.2. The molecule has 0 aromatic carbocycles. The molecule has 0 spiro atoms. The van der Waals surface area contributed by atoms with Crippen molar-refractivity contribution in [2.75, 3.05) is 7.11 Å². The van der Waals surface area contributed by atoms with Crippen LogP contribution < -0.4 is 0 Å². The van der Waals surface area contributed by atoms with Gasteiger partial charge >= 0.3 is 5.97 Å². The second-order valence-corrected chi connectivity index (χ2v) is 9.83. The molecule has 3 fully saturated rings. The van der Waals surface area contributed by atoms with Crippen molar-refractivity contribution in [3.05, 3.63) is 10.2 Å². The fourth-order valence-corrected chi connectivity index (χ4v) is 4.86. The molecule has 2 N–H and O–H groups in total. The van der Waals surface area contributed by atoms with Crippen molar-refractivity contribution in [2.45, 2.75) is 100 Å². The van der Waals surface area contributed by atoms with E-state index in [9.17, 15) is 19.8 Å². The highest BCUT2D eigenvalue weighted by Gasteiger charge is 2.57. The van der Waals surface area contributed by atoms with Crippen LogP contribution in [0.15, 0.2) is 10.2 Å². The fourth-order valence-electron chi connectivity index (χ4n) is 4.48. The average Bonchev–Trinajstić information content (AvgIpc) is 3.01. The standard InChI is InChI=1S/C21H31IO8/c1-11(22)5-3-4-6-12(23)9-15-17(25)20-21(30-15)18(26)19-14(29-20)8-7-13(28-19)10-16(24)27-2/h13-15,17-21,25-26H,1,3-10H2,2H3/t13?,14-,15?,17?,18?,19-,20?,21?/m0/s1. The number of carbonyl (C=O) groups is 2. The van der Waals surface area contributed by atoms with Crippen molar-refractivity contribution in [2.24, 2.45) is 0 Å². The minimum atomic E-state index is -1.00. The summed E-state index contributed by atoms with van der Waals surface area (Å²) in [7, 11) is 1.33. The summed E-state index contributed by atoms with van der Waals surface area (Å²) in [6, 6.07) is 0. The molecule has 3 heterocycles. The van der Waals surface area contributed by atoms with E-state index >= 15 is 0 Å². The zero-order valence-corrected chi connectivity index (χ0v) is 19.4. The maximum absolute atomic E-state index is 12.3. The molecular weight excluding hydrogens is 507 g/mol. The number of allylic oxidation sites excluding steroid dienone is 1. The lowest BCUT2D eigenvalue weighted by Gasteiger charge is -2.46. The quantitative estimate of drug-likeness (QED) is 0.260. The van der Waals surface area contributed by atoms with Crippen molar-refractivity contribution < 1.29 is 38.7 Å². The third kappa shape index (κ3) is 5.80. The zero-order chi connectivity index (χ0) is 21.8. The normalized spacial score (nSPS) is 37.9. The maximum atomic E-state index is 12.3. The fraction of sp³-hybridized carbons (Fsp3) is 0.810. The van der Waals surface area contributed by atoms with Crippen LogP contribution in [0, 0.1) is 0 Å². The number of ether oxygens (including phenoxy) is 4. The van der Waals surface area contributed by atoms with Crippen LogP contribution in [0.5, 0.6) is 0 Å². The number of hydrogen-bond donors (Lipinski definition) is 2. The number of esters is 1. The number of Topliss-reactive ketones (excluding diaryl/α,β-unsaturated/α-hetero) is 1. The minimum Gasteiger partial charge on any atom is -0.469 e. The summed E-state index contributed by atoms with van der Waals surface area (Å²) in [5, 5.41) is 21.5. The molecule has 0 aromatic heterocycles. The van der Waals surface area contributed by atoms with Crippen LogP contribution in [0.3, 0.4) is 0 Å². The Morgan fingerprint density at radius 2 is 1.70 bits per heavy atom. The molecule has 30 heavy (non-hydrogen) atoms. The van der Waals surface area contributed by atoms with Crippen molar-refractivity contribution in [3.8, 4) is 0 Å². The lowest BCUT2D eigenvalue weighted by molar-refractivity contribution is -0.259. The summed E-state index contributed by atoms with van der Waals surface area (Å²) >= 11 is 2.18. The van der Waals surface area contributed by atoms with E-state index in [0.717, 1.165) is 22.8 Å². The number of methoxy groups -OCH3 is 1. The second kappa shape index (κ2) is 10.8. The first-order valence-electron chi connectivity index (χ1n) is 10.5. The molecule has 0 aromatic rings. The molecule has 0 bridgehead atoms. The molecule has 3 aliphatic rings. The molecule has 8 atom stereocenters. The van der Waals surface area contributed by atoms with Crippen LogP contribution in [0.2, 0.25) is 0 Å². The minimum absolute atomic E-state index is 0.0260. The molecule has 6 unspecified atom stereocenters. The van der Waals surface area contributed by atoms with Crippen molar-refractivity contribution >= 4 is 34.3 Å². The lowest BCUT2D eigenvalue weighted by atomic mass is 9.87. The summed E-state index contributed by atoms with van der Waals surface area (Å²) in [6.45, 7) is 3.84. The first-order valence-corrected chi connectivity index (χ1v) is 11.6. The molecule has 0 aliphatic carbocycles. The van der Waals surface area contributed by atoms with E-state index in [1.54, 1.807) is 0 Å². The molecule has 3 saturated heterocycles. The van der Waals surface area contributed by atoms with Gasteiger partial charge < -0.3 is 29.2 Å². The number of rotatable bonds is 9. The van der Waals surface area contributed by atoms with Crippen molar-refractivity contribution in [1.82, 2.24) is 0 Å². The first-order chi connectivity index (χ1) is 14.3. The highest BCUT2D eigenvalue weighted by atomic mass is 127. The lowest BCUT2D eigenvalue weighted by Crippen LogP contribution is -2.61. The molecular formula is C21H31IO8. The summed E-state index contributed by atoms with van der Waals surface area (Å²) in [4.78, 5) is 23.8. The number of halogens is 1. The Morgan fingerprint density at radius 3 is 2.40 bits per heavy atom. The number of aliphatic hydroxyl groups excluding tert-OH is 2. The topological polar surface area (TPSA) is 112 Å². The van der Waals surface area contributed by atoms with E-state index in [4.69, 9.17) is 14.2 Å². The molecule has 170 valence electrons. The van der Waals surface area contributed by atoms with Gasteiger partial charge in [0.05, 0.1) is 31.8 Å². The molecule has 0 saturated carbocycles. The van der Waals surface area contributed by atoms with E-state index in [1.807, 2.05) is 0 Å². The van der Waals surface area contributed by atoms with Gasteiger partial charge in [-0.2, -0.15) is 0 Å². The van der Waals surface area contributed by atoms with Crippen molar-refractivity contribution in [1.29, 1.82) is 0 Å². The van der Waals surface area contributed by atoms with E-state index in [0.29, 0.717) is 19.3 Å². The number of fused-ring (bicyclic) bond motifs is 2. The predicted octanol–water partition coefficient (Wildman–Crippen LogP) is 1.82. The number of aliphatic hydroxyl groups is 2. The van der Waals surface area contributed by atoms with E-state index in [-0.39, 0.29) is 36.8 Å². The number of carbonyl (C=O) groups excluding carboxylic acids is 2. The van der Waals surface area contributed by atoms with Crippen LogP contribution in [0.25, 0.3) is 0 Å². The Labute approximate surface area is 190 Å². The highest BCUT2D eigenvalue weighted by molar-refractivity contribution is 14.1. The highest BCUT2D eigenvalue weighted by Crippen LogP contribution is 2.40. The smallest absolute Gasteiger partial charge is 0.308 e. The predicted molar refractivity (Wildman–Crippen MR) is 115 cm³/mol. The maximum Gasteiger partial charge on any atom is 0.308 e. The third-order valence-electron chi connectivity index (χ3n) is 6.07. The molecule has 3 rings (SSSR count). The number of ketones is 1. The van der Waals surface area contributed by atoms with Crippen LogP contribution in [0.1, 0.15) is 51.4 Å². The molecule has 9 heteroatoms. The van der Waals surface area contributed by atoms with Crippen molar-refractivity contribution in [3.63, 3.8) is 0 Å². The van der Waals surface area contributed by atoms with Gasteiger partial charge in [-0.3, -0.25) is 9.59 Å². The van der Waals surface area contributed by atoms with Gasteiger partial charge in [0, 0.05) is 12.8 Å². The van der Waals surface area contributed by atoms with Gasteiger partial charge in [-0.1, -0.05) is 6.58 Å². The van der Waals surface area contributed by atoms with Crippen LogP contribution in [-0.2, 0) is 28.5 Å². The average molecular weight is 538 g/mol. The van der Waals surface area contributed by atoms with Gasteiger partial charge in [-0.05, 0) is 58.3 Å². The largest absolute Gasteiger partial charge is 0.469 e. The summed E-state index contributed by atoms with van der Waals surface area (Å²) in [5.41, 5.74) is 0. The second-order valence-electron chi connectivity index (χ2n) is 8.31. The van der Waals surface area contributed by atoms with Crippen LogP contribution >= 0.6 is 22.6 Å². The molecule has 0 amide bonds. The molecule has 3 aliphatic heterocycles. The summed E-state index contributed by atoms with van der Waals surface area (Å²) in [5.74, 6) is -0.338. The van der Waals surface area contributed by atoms with Gasteiger partial charge in [0.1, 0.15) is 36.3 Å². The first kappa shape index (κ1) is 24.1. The molecule has 0 radical (unpaired) electrons. The van der Waals surface area contributed by atoms with Gasteiger partial charge in [0.15, 0.2) is 0 Å². The number of hydrogen-bond acceptors (Lipinski definition) is 8. The molecule has 8 nitrogen and oxygen atoms in total. The van der Waals surface area contributed by atoms with Gasteiger partial charge in [-0.25, -0.2) is 0 Å². The Hall–Kier alpha value is -0.590. The number of unbranched alkanes of at least 4 members (excludes halogenated alkanes) is 1. The van der Waals surface area contributed by atoms with Crippen LogP contribution in [-0.4, -0.2) is 77.9 Å². The van der Waals surface area contributed by atoms with Crippen LogP contribution in [0.4, 0.5) is 0 Å².